The molecule has 0 spiro atoms. The summed E-state index contributed by atoms with van der Waals surface area (Å²) in [6.45, 7) is 6.42. The number of hydrogen-bond donors (Lipinski definition) is 2. The van der Waals surface area contributed by atoms with E-state index in [2.05, 4.69) is 15.5 Å². The van der Waals surface area contributed by atoms with E-state index in [0.29, 0.717) is 19.0 Å². The lowest BCUT2D eigenvalue weighted by Gasteiger charge is -2.33. The van der Waals surface area contributed by atoms with E-state index in [1.165, 1.54) is 0 Å². The van der Waals surface area contributed by atoms with Crippen molar-refractivity contribution in [1.82, 2.24) is 25.3 Å². The van der Waals surface area contributed by atoms with Crippen LogP contribution in [0.5, 0.6) is 0 Å². The summed E-state index contributed by atoms with van der Waals surface area (Å²) in [7, 11) is 0. The quantitative estimate of drug-likeness (QED) is 0.788. The van der Waals surface area contributed by atoms with Crippen LogP contribution >= 0.6 is 0 Å². The molecule has 0 aliphatic carbocycles. The number of rotatable bonds is 4. The van der Waals surface area contributed by atoms with E-state index in [9.17, 15) is 14.4 Å². The second-order valence-electron chi connectivity index (χ2n) is 7.53. The van der Waals surface area contributed by atoms with Crippen molar-refractivity contribution >= 4 is 17.8 Å². The summed E-state index contributed by atoms with van der Waals surface area (Å²) in [5.74, 6) is -0.170. The minimum absolute atomic E-state index is 0.174. The van der Waals surface area contributed by atoms with Gasteiger partial charge < -0.3 is 10.2 Å². The summed E-state index contributed by atoms with van der Waals surface area (Å²) in [6.07, 6.45) is 4.64. The van der Waals surface area contributed by atoms with Gasteiger partial charge in [-0.2, -0.15) is 5.10 Å². The fourth-order valence-electron chi connectivity index (χ4n) is 3.52. The Kier molecular flexibility index (Phi) is 4.53. The average Bonchev–Trinajstić information content (AvgIpc) is 3.03. The summed E-state index contributed by atoms with van der Waals surface area (Å²) in [6, 6.07) is -0.495. The number of aromatic amines is 1. The number of H-pyrrole nitrogens is 1. The fraction of sp³-hybridized carbons (Fsp3) is 0.647. The molecule has 2 saturated heterocycles. The molecule has 0 radical (unpaired) electrons. The van der Waals surface area contributed by atoms with Crippen LogP contribution < -0.4 is 5.32 Å². The molecule has 2 N–H and O–H groups in total. The lowest BCUT2D eigenvalue weighted by atomic mass is 9.92. The highest BCUT2D eigenvalue weighted by molar-refractivity contribution is 6.08. The van der Waals surface area contributed by atoms with Crippen molar-refractivity contribution in [3.63, 3.8) is 0 Å². The third kappa shape index (κ3) is 3.52. The number of carbonyl (C=O) groups excluding carboxylic acids is 3. The van der Waals surface area contributed by atoms with Crippen LogP contribution in [0.1, 0.15) is 37.9 Å². The Morgan fingerprint density at radius 2 is 2.16 bits per heavy atom. The van der Waals surface area contributed by atoms with Crippen molar-refractivity contribution in [2.45, 2.75) is 45.6 Å². The molecule has 25 heavy (non-hydrogen) atoms. The Labute approximate surface area is 146 Å². The average molecular weight is 347 g/mol. The molecule has 4 amide bonds. The number of nitrogens with one attached hydrogen (secondary N) is 2. The standard InChI is InChI=1S/C17H25N5O3/c1-11-8-18-20-13(11)7-12-5-4-6-21(9-12)14(23)10-22-15(24)17(2,3)19-16(22)25/h8,12H,4-7,9-10H2,1-3H3,(H,18,20)(H,19,25). The molecule has 0 saturated carbocycles. The van der Waals surface area contributed by atoms with Gasteiger partial charge in [-0.15, -0.1) is 0 Å². The van der Waals surface area contributed by atoms with Gasteiger partial charge in [0.2, 0.25) is 5.91 Å². The molecule has 136 valence electrons. The van der Waals surface area contributed by atoms with Crippen molar-refractivity contribution in [3.05, 3.63) is 17.5 Å². The number of imide groups is 1. The molecule has 1 atom stereocenters. The van der Waals surface area contributed by atoms with Crippen LogP contribution in [-0.2, 0) is 16.0 Å². The van der Waals surface area contributed by atoms with Gasteiger partial charge in [0, 0.05) is 18.8 Å². The lowest BCUT2D eigenvalue weighted by molar-refractivity contribution is -0.139. The molecule has 8 heteroatoms. The maximum Gasteiger partial charge on any atom is 0.325 e. The lowest BCUT2D eigenvalue weighted by Crippen LogP contribution is -2.47. The largest absolute Gasteiger partial charge is 0.341 e. The zero-order chi connectivity index (χ0) is 18.2. The molecule has 1 unspecified atom stereocenters. The number of amides is 4. The molecule has 1 aromatic heterocycles. The Morgan fingerprint density at radius 3 is 2.76 bits per heavy atom. The highest BCUT2D eigenvalue weighted by Gasteiger charge is 2.45. The summed E-state index contributed by atoms with van der Waals surface area (Å²) < 4.78 is 0. The summed E-state index contributed by atoms with van der Waals surface area (Å²) in [4.78, 5) is 39.6. The maximum atomic E-state index is 12.6. The van der Waals surface area contributed by atoms with Gasteiger partial charge in [0.15, 0.2) is 0 Å². The first-order valence-corrected chi connectivity index (χ1v) is 8.68. The van der Waals surface area contributed by atoms with Crippen LogP contribution in [0.3, 0.4) is 0 Å². The number of likely N-dealkylation sites (tertiary alicyclic amines) is 1. The van der Waals surface area contributed by atoms with Crippen LogP contribution in [0.4, 0.5) is 4.79 Å². The molecular formula is C17H25N5O3. The number of hydrogen-bond acceptors (Lipinski definition) is 4. The van der Waals surface area contributed by atoms with Crippen molar-refractivity contribution in [2.24, 2.45) is 5.92 Å². The molecule has 3 heterocycles. The van der Waals surface area contributed by atoms with Gasteiger partial charge >= 0.3 is 6.03 Å². The third-order valence-corrected chi connectivity index (χ3v) is 5.04. The van der Waals surface area contributed by atoms with Gasteiger partial charge in [-0.05, 0) is 51.5 Å². The van der Waals surface area contributed by atoms with Crippen LogP contribution in [0.2, 0.25) is 0 Å². The van der Waals surface area contributed by atoms with Crippen LogP contribution in [-0.4, -0.2) is 63.0 Å². The molecule has 2 aliphatic rings. The summed E-state index contributed by atoms with van der Waals surface area (Å²) in [5.41, 5.74) is 1.29. The Bertz CT molecular complexity index is 696. The zero-order valence-electron chi connectivity index (χ0n) is 15.0. The van der Waals surface area contributed by atoms with E-state index in [1.54, 1.807) is 24.9 Å². The monoisotopic (exact) mass is 347 g/mol. The highest BCUT2D eigenvalue weighted by atomic mass is 16.2. The zero-order valence-corrected chi connectivity index (χ0v) is 15.0. The Balaban J connectivity index is 1.60. The second-order valence-corrected chi connectivity index (χ2v) is 7.53. The summed E-state index contributed by atoms with van der Waals surface area (Å²) in [5, 5.41) is 9.66. The number of carbonyl (C=O) groups is 3. The Morgan fingerprint density at radius 1 is 1.40 bits per heavy atom. The van der Waals surface area contributed by atoms with E-state index < -0.39 is 11.6 Å². The minimum atomic E-state index is -0.945. The number of aromatic nitrogens is 2. The van der Waals surface area contributed by atoms with E-state index in [4.69, 9.17) is 0 Å². The highest BCUT2D eigenvalue weighted by Crippen LogP contribution is 2.22. The maximum absolute atomic E-state index is 12.6. The first kappa shape index (κ1) is 17.4. The van der Waals surface area contributed by atoms with Crippen molar-refractivity contribution in [2.75, 3.05) is 19.6 Å². The van der Waals surface area contributed by atoms with E-state index >= 15 is 0 Å². The van der Waals surface area contributed by atoms with Crippen LogP contribution in [0.15, 0.2) is 6.20 Å². The van der Waals surface area contributed by atoms with Crippen LogP contribution in [0, 0.1) is 12.8 Å². The SMILES string of the molecule is Cc1cn[nH]c1CC1CCCN(C(=O)CN2C(=O)NC(C)(C)C2=O)C1. The first-order valence-electron chi connectivity index (χ1n) is 8.68. The third-order valence-electron chi connectivity index (χ3n) is 5.04. The second kappa shape index (κ2) is 6.50. The van der Waals surface area contributed by atoms with E-state index in [-0.39, 0.29) is 18.4 Å². The van der Waals surface area contributed by atoms with E-state index in [1.807, 2.05) is 6.92 Å². The van der Waals surface area contributed by atoms with Gasteiger partial charge in [0.1, 0.15) is 12.1 Å². The molecule has 2 aliphatic heterocycles. The molecular weight excluding hydrogens is 322 g/mol. The summed E-state index contributed by atoms with van der Waals surface area (Å²) >= 11 is 0. The predicted octanol–water partition coefficient (Wildman–Crippen LogP) is 0.830. The number of urea groups is 1. The molecule has 2 fully saturated rings. The number of piperidine rings is 1. The van der Waals surface area contributed by atoms with Crippen molar-refractivity contribution in [3.8, 4) is 0 Å². The van der Waals surface area contributed by atoms with Crippen molar-refractivity contribution in [1.29, 1.82) is 0 Å². The van der Waals surface area contributed by atoms with Crippen molar-refractivity contribution < 1.29 is 14.4 Å². The first-order chi connectivity index (χ1) is 11.8. The van der Waals surface area contributed by atoms with Gasteiger partial charge in [0.05, 0.1) is 6.20 Å². The smallest absolute Gasteiger partial charge is 0.325 e. The molecule has 1 aromatic rings. The molecule has 0 bridgehead atoms. The van der Waals surface area contributed by atoms with Crippen LogP contribution in [0.25, 0.3) is 0 Å². The normalized spacial score (nSPS) is 23.1. The number of nitrogens with zero attached hydrogens (tertiary/aromatic N) is 3. The van der Waals surface area contributed by atoms with Gasteiger partial charge in [-0.25, -0.2) is 4.79 Å². The molecule has 8 nitrogen and oxygen atoms in total. The molecule has 3 rings (SSSR count). The molecule has 0 aromatic carbocycles. The number of aryl methyl sites for hydroxylation is 1. The minimum Gasteiger partial charge on any atom is -0.341 e. The fourth-order valence-corrected chi connectivity index (χ4v) is 3.52. The van der Waals surface area contributed by atoms with Gasteiger partial charge in [0.25, 0.3) is 5.91 Å². The van der Waals surface area contributed by atoms with Gasteiger partial charge in [-0.3, -0.25) is 19.6 Å². The van der Waals surface area contributed by atoms with E-state index in [0.717, 1.165) is 35.4 Å². The van der Waals surface area contributed by atoms with Gasteiger partial charge in [-0.1, -0.05) is 0 Å². The topological polar surface area (TPSA) is 98.4 Å². The predicted molar refractivity (Wildman–Crippen MR) is 90.7 cm³/mol. The Hall–Kier alpha value is -2.38.